The molecular formula is C16H20N2O3S. The molecule has 0 N–H and O–H groups in total. The Hall–Kier alpha value is -1.79. The summed E-state index contributed by atoms with van der Waals surface area (Å²) in [6.45, 7) is 6.51. The Labute approximate surface area is 131 Å². The molecule has 1 aliphatic rings. The van der Waals surface area contributed by atoms with Crippen molar-refractivity contribution in [2.75, 3.05) is 31.1 Å². The number of hydrogen-bond acceptors (Lipinski definition) is 4. The van der Waals surface area contributed by atoms with Crippen LogP contribution in [0.25, 0.3) is 0 Å². The number of anilines is 1. The lowest BCUT2D eigenvalue weighted by atomic mass is 10.1. The number of hydrogen-bond donors (Lipinski definition) is 0. The van der Waals surface area contributed by atoms with Crippen LogP contribution in [-0.4, -0.2) is 38.9 Å². The summed E-state index contributed by atoms with van der Waals surface area (Å²) in [6, 6.07) is 9.32. The van der Waals surface area contributed by atoms with Gasteiger partial charge in [0.05, 0.1) is 6.26 Å². The zero-order valence-electron chi connectivity index (χ0n) is 12.8. The molecular weight excluding hydrogens is 300 g/mol. The van der Waals surface area contributed by atoms with E-state index in [2.05, 4.69) is 30.9 Å². The Morgan fingerprint density at radius 3 is 2.36 bits per heavy atom. The van der Waals surface area contributed by atoms with Crippen LogP contribution in [0.1, 0.15) is 11.1 Å². The van der Waals surface area contributed by atoms with Gasteiger partial charge in [0, 0.05) is 31.9 Å². The van der Waals surface area contributed by atoms with Crippen molar-refractivity contribution in [1.82, 2.24) is 4.31 Å². The molecule has 3 rings (SSSR count). The fourth-order valence-electron chi connectivity index (χ4n) is 2.79. The highest BCUT2D eigenvalue weighted by Gasteiger charge is 2.30. The van der Waals surface area contributed by atoms with E-state index in [1.165, 1.54) is 33.4 Å². The smallest absolute Gasteiger partial charge is 0.276 e. The van der Waals surface area contributed by atoms with E-state index in [1.54, 1.807) is 6.07 Å². The summed E-state index contributed by atoms with van der Waals surface area (Å²) < 4.78 is 31.4. The molecule has 5 nitrogen and oxygen atoms in total. The molecule has 6 heteroatoms. The van der Waals surface area contributed by atoms with Crippen LogP contribution in [0, 0.1) is 13.8 Å². The minimum atomic E-state index is -3.50. The third kappa shape index (κ3) is 2.64. The van der Waals surface area contributed by atoms with Crippen molar-refractivity contribution in [3.8, 4) is 0 Å². The third-order valence-corrected chi connectivity index (χ3v) is 6.03. The highest BCUT2D eigenvalue weighted by atomic mass is 32.2. The molecule has 2 heterocycles. The first-order valence-electron chi connectivity index (χ1n) is 7.35. The fourth-order valence-corrected chi connectivity index (χ4v) is 4.11. The van der Waals surface area contributed by atoms with E-state index in [1.807, 2.05) is 6.07 Å². The van der Waals surface area contributed by atoms with E-state index in [-0.39, 0.29) is 5.09 Å². The largest absolute Gasteiger partial charge is 0.452 e. The van der Waals surface area contributed by atoms with E-state index in [0.717, 1.165) is 0 Å². The third-order valence-electron chi connectivity index (χ3n) is 4.24. The summed E-state index contributed by atoms with van der Waals surface area (Å²) in [7, 11) is -3.50. The summed E-state index contributed by atoms with van der Waals surface area (Å²) in [4.78, 5) is 2.25. The standard InChI is InChI=1S/C16H20N2O3S/c1-13-5-3-6-15(14(13)2)17-8-10-18(11-9-17)22(19,20)16-7-4-12-21-16/h3-7,12H,8-11H2,1-2H3. The van der Waals surface area contributed by atoms with Crippen molar-refractivity contribution in [3.63, 3.8) is 0 Å². The minimum Gasteiger partial charge on any atom is -0.452 e. The topological polar surface area (TPSA) is 53.8 Å². The summed E-state index contributed by atoms with van der Waals surface area (Å²) in [5, 5.41) is 0.0210. The van der Waals surface area contributed by atoms with Crippen molar-refractivity contribution in [1.29, 1.82) is 0 Å². The van der Waals surface area contributed by atoms with Gasteiger partial charge >= 0.3 is 0 Å². The van der Waals surface area contributed by atoms with Gasteiger partial charge in [-0.3, -0.25) is 0 Å². The molecule has 0 spiro atoms. The van der Waals surface area contributed by atoms with Crippen LogP contribution in [0.3, 0.4) is 0 Å². The SMILES string of the molecule is Cc1cccc(N2CCN(S(=O)(=O)c3ccco3)CC2)c1C. The van der Waals surface area contributed by atoms with Gasteiger partial charge in [-0.15, -0.1) is 0 Å². The number of rotatable bonds is 3. The molecule has 118 valence electrons. The average molecular weight is 320 g/mol. The number of benzene rings is 1. The monoisotopic (exact) mass is 320 g/mol. The van der Waals surface area contributed by atoms with Crippen LogP contribution in [-0.2, 0) is 10.0 Å². The maximum Gasteiger partial charge on any atom is 0.276 e. The van der Waals surface area contributed by atoms with Gasteiger partial charge in [0.25, 0.3) is 10.0 Å². The van der Waals surface area contributed by atoms with E-state index in [9.17, 15) is 8.42 Å². The van der Waals surface area contributed by atoms with E-state index in [0.29, 0.717) is 26.2 Å². The van der Waals surface area contributed by atoms with Gasteiger partial charge in [0.1, 0.15) is 0 Å². The maximum absolute atomic E-state index is 12.4. The molecule has 1 aromatic heterocycles. The Morgan fingerprint density at radius 2 is 1.73 bits per heavy atom. The molecule has 0 unspecified atom stereocenters. The molecule has 0 atom stereocenters. The summed E-state index contributed by atoms with van der Waals surface area (Å²) in [6.07, 6.45) is 1.39. The number of sulfonamides is 1. The number of aryl methyl sites for hydroxylation is 1. The second-order valence-electron chi connectivity index (χ2n) is 5.54. The fraction of sp³-hybridized carbons (Fsp3) is 0.375. The minimum absolute atomic E-state index is 0.0210. The predicted molar refractivity (Wildman–Crippen MR) is 85.6 cm³/mol. The highest BCUT2D eigenvalue weighted by molar-refractivity contribution is 7.89. The molecule has 1 fully saturated rings. The van der Waals surface area contributed by atoms with Crippen molar-refractivity contribution in [2.24, 2.45) is 0 Å². The van der Waals surface area contributed by atoms with E-state index in [4.69, 9.17) is 4.42 Å². The first-order chi connectivity index (χ1) is 10.5. The predicted octanol–water partition coefficient (Wildman–Crippen LogP) is 2.41. The molecule has 0 aliphatic carbocycles. The van der Waals surface area contributed by atoms with Crippen LogP contribution >= 0.6 is 0 Å². The number of nitrogens with zero attached hydrogens (tertiary/aromatic N) is 2. The van der Waals surface area contributed by atoms with Gasteiger partial charge in [0.15, 0.2) is 0 Å². The lowest BCUT2D eigenvalue weighted by Gasteiger charge is -2.35. The lowest BCUT2D eigenvalue weighted by molar-refractivity contribution is 0.361. The Bertz CT molecular complexity index is 746. The van der Waals surface area contributed by atoms with Crippen LogP contribution in [0.15, 0.2) is 46.1 Å². The summed E-state index contributed by atoms with van der Waals surface area (Å²) >= 11 is 0. The van der Waals surface area contributed by atoms with E-state index >= 15 is 0 Å². The Kier molecular flexibility index (Phi) is 3.97. The maximum atomic E-state index is 12.4. The first kappa shape index (κ1) is 15.1. The van der Waals surface area contributed by atoms with Gasteiger partial charge in [-0.2, -0.15) is 4.31 Å². The zero-order chi connectivity index (χ0) is 15.7. The van der Waals surface area contributed by atoms with Gasteiger partial charge in [0.2, 0.25) is 5.09 Å². The van der Waals surface area contributed by atoms with E-state index < -0.39 is 10.0 Å². The van der Waals surface area contributed by atoms with Gasteiger partial charge in [-0.1, -0.05) is 12.1 Å². The molecule has 22 heavy (non-hydrogen) atoms. The molecule has 1 aliphatic heterocycles. The van der Waals surface area contributed by atoms with Crippen molar-refractivity contribution in [2.45, 2.75) is 18.9 Å². The lowest BCUT2D eigenvalue weighted by Crippen LogP contribution is -2.48. The van der Waals surface area contributed by atoms with Crippen LogP contribution in [0.2, 0.25) is 0 Å². The Balaban J connectivity index is 1.75. The second-order valence-corrected chi connectivity index (χ2v) is 7.41. The zero-order valence-corrected chi connectivity index (χ0v) is 13.6. The van der Waals surface area contributed by atoms with Crippen LogP contribution < -0.4 is 4.90 Å². The molecule has 1 saturated heterocycles. The van der Waals surface area contributed by atoms with Gasteiger partial charge in [-0.25, -0.2) is 8.42 Å². The second kappa shape index (κ2) is 5.78. The van der Waals surface area contributed by atoms with Gasteiger partial charge in [-0.05, 0) is 43.2 Å². The quantitative estimate of drug-likeness (QED) is 0.871. The number of furan rings is 1. The summed E-state index contributed by atoms with van der Waals surface area (Å²) in [5.74, 6) is 0. The normalized spacial score (nSPS) is 16.9. The molecule has 0 radical (unpaired) electrons. The average Bonchev–Trinajstić information content (AvgIpc) is 3.05. The first-order valence-corrected chi connectivity index (χ1v) is 8.79. The van der Waals surface area contributed by atoms with Crippen LogP contribution in [0.4, 0.5) is 5.69 Å². The summed E-state index contributed by atoms with van der Waals surface area (Å²) in [5.41, 5.74) is 3.70. The highest BCUT2D eigenvalue weighted by Crippen LogP contribution is 2.25. The molecule has 0 saturated carbocycles. The van der Waals surface area contributed by atoms with Gasteiger partial charge < -0.3 is 9.32 Å². The molecule has 1 aromatic carbocycles. The Morgan fingerprint density at radius 1 is 1.00 bits per heavy atom. The van der Waals surface area contributed by atoms with Crippen molar-refractivity contribution in [3.05, 3.63) is 47.7 Å². The molecule has 0 amide bonds. The number of piperazine rings is 1. The van der Waals surface area contributed by atoms with Crippen molar-refractivity contribution >= 4 is 15.7 Å². The molecule has 0 bridgehead atoms. The van der Waals surface area contributed by atoms with Crippen LogP contribution in [0.5, 0.6) is 0 Å². The molecule has 2 aromatic rings. The van der Waals surface area contributed by atoms with Crippen molar-refractivity contribution < 1.29 is 12.8 Å².